The first-order chi connectivity index (χ1) is 18.5. The number of nitrogens with two attached hydrogens (primary N) is 2. The van der Waals surface area contributed by atoms with Crippen LogP contribution in [0.4, 0.5) is 10.6 Å². The number of benzene rings is 1. The van der Waals surface area contributed by atoms with Crippen molar-refractivity contribution in [3.05, 3.63) is 52.6 Å². The van der Waals surface area contributed by atoms with Crippen molar-refractivity contribution < 1.29 is 9.59 Å². The number of hydrogen-bond acceptors (Lipinski definition) is 7. The van der Waals surface area contributed by atoms with Gasteiger partial charge in [-0.3, -0.25) is 14.7 Å². The molecule has 2 aliphatic rings. The molecule has 12 heteroatoms. The number of carbonyl (C=O) groups excluding carboxylic acids is 2. The van der Waals surface area contributed by atoms with Gasteiger partial charge in [-0.15, -0.1) is 12.4 Å². The van der Waals surface area contributed by atoms with Gasteiger partial charge in [0, 0.05) is 45.0 Å². The molecule has 0 radical (unpaired) electrons. The Balaban J connectivity index is 0.00000441. The van der Waals surface area contributed by atoms with Gasteiger partial charge in [-0.2, -0.15) is 4.98 Å². The zero-order chi connectivity index (χ0) is 28.2. The summed E-state index contributed by atoms with van der Waals surface area (Å²) in [6.45, 7) is 10.3. The summed E-state index contributed by atoms with van der Waals surface area (Å²) in [5.41, 5.74) is 12.6. The van der Waals surface area contributed by atoms with E-state index in [1.165, 1.54) is 10.1 Å². The lowest BCUT2D eigenvalue weighted by Gasteiger charge is -2.37. The van der Waals surface area contributed by atoms with Gasteiger partial charge in [-0.1, -0.05) is 19.1 Å². The molecule has 0 saturated carbocycles. The van der Waals surface area contributed by atoms with E-state index in [-0.39, 0.29) is 36.2 Å². The molecule has 2 atom stereocenters. The van der Waals surface area contributed by atoms with Crippen molar-refractivity contribution in [3.63, 3.8) is 0 Å². The molecule has 0 unspecified atom stereocenters. The summed E-state index contributed by atoms with van der Waals surface area (Å²) in [5.74, 6) is 0.613. The van der Waals surface area contributed by atoms with Gasteiger partial charge in [-0.25, -0.2) is 9.59 Å². The van der Waals surface area contributed by atoms with E-state index in [9.17, 15) is 14.4 Å². The Morgan fingerprint density at radius 1 is 1.00 bits per heavy atom. The molecular formula is C28H43ClN8O3. The largest absolute Gasteiger partial charge is 0.354 e. The Kier molecular flexibility index (Phi) is 10.7. The Labute approximate surface area is 242 Å². The third-order valence-corrected chi connectivity index (χ3v) is 7.79. The smallest absolute Gasteiger partial charge is 0.338 e. The third kappa shape index (κ3) is 8.03. The number of carbonyl (C=O) groups is 2. The van der Waals surface area contributed by atoms with Gasteiger partial charge in [0.2, 0.25) is 5.91 Å². The lowest BCUT2D eigenvalue weighted by atomic mass is 9.98. The predicted molar refractivity (Wildman–Crippen MR) is 159 cm³/mol. The van der Waals surface area contributed by atoms with Crippen molar-refractivity contribution in [1.82, 2.24) is 24.3 Å². The number of nitrogens with one attached hydrogen (secondary N) is 1. The highest BCUT2D eigenvalue weighted by Gasteiger charge is 2.31. The standard InChI is InChI=1S/C28H42N8O3.ClH/c1-20-8-12-33(14-10-23(20)29)13-9-21-4-6-22(7-5-21)36-15-11-24(32-27(36)39)31-26(38)35-18-16-34(17-19-35)25(37)28(2,3)30;/h4-7,11,15,20,23H,8-10,12-14,16-19,29-30H2,1-3H3,(H,31,32,38,39);1H/t20-,23-;/m1./s1. The van der Waals surface area contributed by atoms with E-state index in [2.05, 4.69) is 22.1 Å². The van der Waals surface area contributed by atoms with Crippen molar-refractivity contribution in [2.24, 2.45) is 17.4 Å². The van der Waals surface area contributed by atoms with Gasteiger partial charge in [0.25, 0.3) is 0 Å². The number of hydrogen-bond donors (Lipinski definition) is 3. The molecule has 2 fully saturated rings. The van der Waals surface area contributed by atoms with Gasteiger partial charge in [0.1, 0.15) is 5.82 Å². The Morgan fingerprint density at radius 3 is 2.25 bits per heavy atom. The van der Waals surface area contributed by atoms with Gasteiger partial charge in [-0.05, 0) is 75.9 Å². The Bertz CT molecular complexity index is 1190. The van der Waals surface area contributed by atoms with Crippen LogP contribution in [0.25, 0.3) is 5.69 Å². The van der Waals surface area contributed by atoms with Gasteiger partial charge < -0.3 is 26.2 Å². The van der Waals surface area contributed by atoms with Gasteiger partial charge in [0.05, 0.1) is 11.2 Å². The second-order valence-electron chi connectivity index (χ2n) is 11.4. The second-order valence-corrected chi connectivity index (χ2v) is 11.4. The Morgan fingerprint density at radius 2 is 1.62 bits per heavy atom. The maximum atomic E-state index is 12.7. The maximum absolute atomic E-state index is 12.7. The molecule has 220 valence electrons. The number of halogens is 1. The van der Waals surface area contributed by atoms with E-state index in [1.807, 2.05) is 24.3 Å². The molecule has 0 aliphatic carbocycles. The first kappa shape index (κ1) is 31.5. The van der Waals surface area contributed by atoms with Crippen molar-refractivity contribution in [3.8, 4) is 5.69 Å². The summed E-state index contributed by atoms with van der Waals surface area (Å²) in [5, 5.41) is 2.69. The summed E-state index contributed by atoms with van der Waals surface area (Å²) >= 11 is 0. The lowest BCUT2D eigenvalue weighted by Crippen LogP contribution is -2.58. The van der Waals surface area contributed by atoms with Crippen LogP contribution in [0.2, 0.25) is 0 Å². The molecule has 1 aromatic heterocycles. The summed E-state index contributed by atoms with van der Waals surface area (Å²) in [6, 6.07) is 9.46. The number of urea groups is 1. The third-order valence-electron chi connectivity index (χ3n) is 7.79. The van der Waals surface area contributed by atoms with Gasteiger partial charge in [0.15, 0.2) is 0 Å². The zero-order valence-electron chi connectivity index (χ0n) is 23.7. The molecule has 3 heterocycles. The predicted octanol–water partition coefficient (Wildman–Crippen LogP) is 1.67. The number of piperazine rings is 1. The van der Waals surface area contributed by atoms with Gasteiger partial charge >= 0.3 is 11.7 Å². The molecule has 2 aromatic rings. The van der Waals surface area contributed by atoms with E-state index < -0.39 is 11.2 Å². The van der Waals surface area contributed by atoms with E-state index >= 15 is 0 Å². The van der Waals surface area contributed by atoms with Crippen LogP contribution in [0.1, 0.15) is 39.2 Å². The van der Waals surface area contributed by atoms with E-state index in [0.717, 1.165) is 38.9 Å². The molecule has 4 rings (SSSR count). The minimum absolute atomic E-state index is 0. The minimum atomic E-state index is -0.945. The molecule has 5 N–H and O–H groups in total. The fraction of sp³-hybridized carbons (Fsp3) is 0.571. The first-order valence-corrected chi connectivity index (χ1v) is 13.8. The number of nitrogens with zero attached hydrogens (tertiary/aromatic N) is 5. The molecule has 0 bridgehead atoms. The van der Waals surface area contributed by atoms with Crippen LogP contribution in [-0.4, -0.2) is 93.6 Å². The van der Waals surface area contributed by atoms with Crippen LogP contribution in [-0.2, 0) is 11.2 Å². The summed E-state index contributed by atoms with van der Waals surface area (Å²) < 4.78 is 1.45. The number of anilines is 1. The minimum Gasteiger partial charge on any atom is -0.338 e. The fourth-order valence-electron chi connectivity index (χ4n) is 5.04. The van der Waals surface area contributed by atoms with Crippen molar-refractivity contribution in [2.75, 3.05) is 51.1 Å². The first-order valence-electron chi connectivity index (χ1n) is 13.8. The average Bonchev–Trinajstić information content (AvgIpc) is 3.07. The quantitative estimate of drug-likeness (QED) is 0.476. The topological polar surface area (TPSA) is 143 Å². The van der Waals surface area contributed by atoms with Crippen LogP contribution in [0.15, 0.2) is 41.3 Å². The van der Waals surface area contributed by atoms with E-state index in [4.69, 9.17) is 11.5 Å². The SMILES string of the molecule is C[C@@H]1CCN(CCc2ccc(-n3ccc(NC(=O)N4CCN(C(=O)C(C)(C)N)CC4)nc3=O)cc2)CC[C@H]1N.Cl. The molecule has 3 amide bonds. The molecule has 40 heavy (non-hydrogen) atoms. The molecule has 11 nitrogen and oxygen atoms in total. The van der Waals surface area contributed by atoms with Crippen molar-refractivity contribution in [1.29, 1.82) is 0 Å². The van der Waals surface area contributed by atoms with Crippen LogP contribution in [0.3, 0.4) is 0 Å². The number of amides is 3. The molecule has 1 aromatic carbocycles. The summed E-state index contributed by atoms with van der Waals surface area (Å²) in [7, 11) is 0. The average molecular weight is 575 g/mol. The zero-order valence-corrected chi connectivity index (χ0v) is 24.5. The fourth-order valence-corrected chi connectivity index (χ4v) is 5.04. The highest BCUT2D eigenvalue weighted by Crippen LogP contribution is 2.17. The van der Waals surface area contributed by atoms with Crippen molar-refractivity contribution >= 4 is 30.2 Å². The summed E-state index contributed by atoms with van der Waals surface area (Å²) in [4.78, 5) is 47.6. The molecular weight excluding hydrogens is 532 g/mol. The van der Waals surface area contributed by atoms with E-state index in [1.54, 1.807) is 35.9 Å². The number of aromatic nitrogens is 2. The molecule has 2 aliphatic heterocycles. The van der Waals surface area contributed by atoms with Crippen LogP contribution < -0.4 is 22.5 Å². The molecule has 0 spiro atoms. The van der Waals surface area contributed by atoms with Crippen LogP contribution in [0, 0.1) is 5.92 Å². The normalized spacial score (nSPS) is 20.4. The maximum Gasteiger partial charge on any atom is 0.354 e. The highest BCUT2D eigenvalue weighted by atomic mass is 35.5. The molecule has 2 saturated heterocycles. The lowest BCUT2D eigenvalue weighted by molar-refractivity contribution is -0.137. The number of rotatable bonds is 6. The van der Waals surface area contributed by atoms with E-state index in [0.29, 0.717) is 37.8 Å². The summed E-state index contributed by atoms with van der Waals surface area (Å²) in [6.07, 6.45) is 4.73. The second kappa shape index (κ2) is 13.6. The van der Waals surface area contributed by atoms with Crippen molar-refractivity contribution in [2.45, 2.75) is 51.6 Å². The monoisotopic (exact) mass is 574 g/mol. The number of likely N-dealkylation sites (tertiary alicyclic amines) is 1. The van der Waals surface area contributed by atoms with Crippen LogP contribution in [0.5, 0.6) is 0 Å². The van der Waals surface area contributed by atoms with Crippen LogP contribution >= 0.6 is 12.4 Å². The Hall–Kier alpha value is -2.99. The highest BCUT2D eigenvalue weighted by molar-refractivity contribution is 5.89.